The van der Waals surface area contributed by atoms with E-state index in [1.165, 1.54) is 13.1 Å². The summed E-state index contributed by atoms with van der Waals surface area (Å²) >= 11 is 0. The molecular weight excluding hydrogens is 330 g/mol. The fourth-order valence-corrected chi connectivity index (χ4v) is 2.34. The first-order valence-electron chi connectivity index (χ1n) is 8.40. The van der Waals surface area contributed by atoms with Crippen molar-refractivity contribution in [2.24, 2.45) is 5.10 Å². The summed E-state index contributed by atoms with van der Waals surface area (Å²) in [6.45, 7) is 5.92. The molecule has 2 aromatic rings. The molecular formula is C20H23N3O3. The average Bonchev–Trinajstić information content (AvgIpc) is 2.60. The van der Waals surface area contributed by atoms with Crippen LogP contribution in [0.4, 0.5) is 5.69 Å². The van der Waals surface area contributed by atoms with Crippen molar-refractivity contribution in [1.29, 1.82) is 0 Å². The van der Waals surface area contributed by atoms with Crippen molar-refractivity contribution in [2.75, 3.05) is 18.5 Å². The number of ketones is 1. The molecule has 6 heteroatoms. The van der Waals surface area contributed by atoms with E-state index in [1.807, 2.05) is 38.1 Å². The molecule has 0 aromatic heterocycles. The van der Waals surface area contributed by atoms with E-state index < -0.39 is 0 Å². The van der Waals surface area contributed by atoms with Crippen molar-refractivity contribution in [3.05, 3.63) is 59.2 Å². The molecule has 136 valence electrons. The van der Waals surface area contributed by atoms with Gasteiger partial charge in [-0.1, -0.05) is 18.2 Å². The molecule has 0 saturated carbocycles. The summed E-state index contributed by atoms with van der Waals surface area (Å²) in [6.07, 6.45) is 1.51. The number of benzene rings is 2. The molecule has 0 bridgehead atoms. The molecule has 0 aliphatic carbocycles. The van der Waals surface area contributed by atoms with Crippen molar-refractivity contribution in [3.63, 3.8) is 0 Å². The highest BCUT2D eigenvalue weighted by molar-refractivity contribution is 5.98. The van der Waals surface area contributed by atoms with Gasteiger partial charge in [0.25, 0.3) is 5.91 Å². The lowest BCUT2D eigenvalue weighted by Gasteiger charge is -2.08. The van der Waals surface area contributed by atoms with Crippen molar-refractivity contribution in [2.45, 2.75) is 20.8 Å². The van der Waals surface area contributed by atoms with E-state index in [9.17, 15) is 9.59 Å². The number of nitrogens with zero attached hydrogens (tertiary/aromatic N) is 1. The van der Waals surface area contributed by atoms with Gasteiger partial charge in [-0.15, -0.1) is 0 Å². The van der Waals surface area contributed by atoms with Gasteiger partial charge in [0.1, 0.15) is 5.75 Å². The zero-order valence-corrected chi connectivity index (χ0v) is 15.2. The van der Waals surface area contributed by atoms with Gasteiger partial charge in [-0.3, -0.25) is 9.59 Å². The Hall–Kier alpha value is -3.15. The Morgan fingerprint density at radius 2 is 2.00 bits per heavy atom. The van der Waals surface area contributed by atoms with Gasteiger partial charge in [0, 0.05) is 5.69 Å². The maximum absolute atomic E-state index is 11.8. The summed E-state index contributed by atoms with van der Waals surface area (Å²) in [6, 6.07) is 12.9. The van der Waals surface area contributed by atoms with Gasteiger partial charge in [-0.2, -0.15) is 5.10 Å². The number of Topliss-reactive ketones (excluding diaryl/α,β-unsaturated/α-hetero) is 1. The second-order valence-corrected chi connectivity index (χ2v) is 5.76. The van der Waals surface area contributed by atoms with Crippen LogP contribution in [0.2, 0.25) is 0 Å². The SMILES string of the molecule is CCOc1cc(/C=N\NC(=O)CNc2cccc(C)c2)ccc1C(C)=O. The van der Waals surface area contributed by atoms with E-state index in [4.69, 9.17) is 4.74 Å². The van der Waals surface area contributed by atoms with Gasteiger partial charge in [0.2, 0.25) is 0 Å². The molecule has 0 unspecified atom stereocenters. The predicted octanol–water partition coefficient (Wildman–Crippen LogP) is 3.16. The Bertz CT molecular complexity index is 816. The summed E-state index contributed by atoms with van der Waals surface area (Å²) in [4.78, 5) is 23.4. The van der Waals surface area contributed by atoms with E-state index in [2.05, 4.69) is 15.8 Å². The van der Waals surface area contributed by atoms with E-state index in [0.29, 0.717) is 17.9 Å². The normalized spacial score (nSPS) is 10.6. The average molecular weight is 353 g/mol. The number of nitrogens with one attached hydrogen (secondary N) is 2. The first-order chi connectivity index (χ1) is 12.5. The molecule has 2 aromatic carbocycles. The minimum atomic E-state index is -0.256. The second-order valence-electron chi connectivity index (χ2n) is 5.76. The molecule has 0 fully saturated rings. The van der Waals surface area contributed by atoms with Crippen LogP contribution in [0.15, 0.2) is 47.6 Å². The molecule has 1 amide bonds. The summed E-state index contributed by atoms with van der Waals surface area (Å²) < 4.78 is 5.48. The van der Waals surface area contributed by atoms with Gasteiger partial charge >= 0.3 is 0 Å². The van der Waals surface area contributed by atoms with Crippen LogP contribution in [0.3, 0.4) is 0 Å². The zero-order valence-electron chi connectivity index (χ0n) is 15.2. The smallest absolute Gasteiger partial charge is 0.259 e. The molecule has 6 nitrogen and oxygen atoms in total. The van der Waals surface area contributed by atoms with E-state index >= 15 is 0 Å². The molecule has 0 saturated heterocycles. The number of hydrogen-bond donors (Lipinski definition) is 2. The lowest BCUT2D eigenvalue weighted by molar-refractivity contribution is -0.119. The van der Waals surface area contributed by atoms with E-state index in [-0.39, 0.29) is 18.2 Å². The summed E-state index contributed by atoms with van der Waals surface area (Å²) in [7, 11) is 0. The third-order valence-electron chi connectivity index (χ3n) is 3.56. The highest BCUT2D eigenvalue weighted by Gasteiger charge is 2.08. The van der Waals surface area contributed by atoms with Crippen LogP contribution >= 0.6 is 0 Å². The van der Waals surface area contributed by atoms with E-state index in [1.54, 1.807) is 18.2 Å². The minimum absolute atomic E-state index is 0.0625. The molecule has 0 atom stereocenters. The van der Waals surface area contributed by atoms with Crippen LogP contribution in [-0.4, -0.2) is 31.1 Å². The number of hydrogen-bond acceptors (Lipinski definition) is 5. The number of hydrazone groups is 1. The molecule has 0 aliphatic heterocycles. The number of rotatable bonds is 8. The summed E-state index contributed by atoms with van der Waals surface area (Å²) in [5.41, 5.74) is 5.71. The van der Waals surface area contributed by atoms with Crippen LogP contribution in [0.5, 0.6) is 5.75 Å². The number of ether oxygens (including phenoxy) is 1. The number of carbonyl (C=O) groups excluding carboxylic acids is 2. The number of amides is 1. The van der Waals surface area contributed by atoms with Gasteiger partial charge < -0.3 is 10.1 Å². The van der Waals surface area contributed by atoms with Gasteiger partial charge in [-0.25, -0.2) is 5.43 Å². The summed E-state index contributed by atoms with van der Waals surface area (Å²) in [5, 5.41) is 6.98. The molecule has 2 rings (SSSR count). The Kier molecular flexibility index (Phi) is 6.91. The first kappa shape index (κ1) is 19.2. The number of anilines is 1. The Morgan fingerprint density at radius 3 is 2.69 bits per heavy atom. The van der Waals surface area contributed by atoms with Crippen molar-refractivity contribution in [3.8, 4) is 5.75 Å². The van der Waals surface area contributed by atoms with Crippen molar-refractivity contribution >= 4 is 23.6 Å². The van der Waals surface area contributed by atoms with E-state index in [0.717, 1.165) is 16.8 Å². The Balaban J connectivity index is 1.91. The predicted molar refractivity (Wildman–Crippen MR) is 103 cm³/mol. The highest BCUT2D eigenvalue weighted by atomic mass is 16.5. The maximum Gasteiger partial charge on any atom is 0.259 e. The standard InChI is InChI=1S/C20H23N3O3/c1-4-26-19-11-16(8-9-18(19)15(3)24)12-22-23-20(25)13-21-17-7-5-6-14(2)10-17/h5-12,21H,4,13H2,1-3H3,(H,23,25)/b22-12-. The van der Waals surface area contributed by atoms with Crippen molar-refractivity contribution < 1.29 is 14.3 Å². The van der Waals surface area contributed by atoms with Gasteiger partial charge in [0.15, 0.2) is 5.78 Å². The molecule has 0 radical (unpaired) electrons. The fourth-order valence-electron chi connectivity index (χ4n) is 2.34. The topological polar surface area (TPSA) is 79.8 Å². The summed E-state index contributed by atoms with van der Waals surface area (Å²) in [5.74, 6) is 0.192. The van der Waals surface area contributed by atoms with Crippen LogP contribution in [0.25, 0.3) is 0 Å². The monoisotopic (exact) mass is 353 g/mol. The maximum atomic E-state index is 11.8. The third-order valence-corrected chi connectivity index (χ3v) is 3.56. The van der Waals surface area contributed by atoms with Crippen LogP contribution in [-0.2, 0) is 4.79 Å². The fraction of sp³-hybridized carbons (Fsp3) is 0.250. The molecule has 26 heavy (non-hydrogen) atoms. The van der Waals surface area contributed by atoms with Gasteiger partial charge in [0.05, 0.1) is 24.9 Å². The Morgan fingerprint density at radius 1 is 1.19 bits per heavy atom. The van der Waals surface area contributed by atoms with Crippen LogP contribution in [0, 0.1) is 6.92 Å². The largest absolute Gasteiger partial charge is 0.493 e. The molecule has 0 spiro atoms. The first-order valence-corrected chi connectivity index (χ1v) is 8.40. The lowest BCUT2D eigenvalue weighted by Crippen LogP contribution is -2.25. The molecule has 0 aliphatic rings. The Labute approximate surface area is 153 Å². The minimum Gasteiger partial charge on any atom is -0.493 e. The lowest BCUT2D eigenvalue weighted by atomic mass is 10.1. The number of aryl methyl sites for hydroxylation is 1. The van der Waals surface area contributed by atoms with Gasteiger partial charge in [-0.05, 0) is 56.2 Å². The van der Waals surface area contributed by atoms with Crippen LogP contribution < -0.4 is 15.5 Å². The molecule has 2 N–H and O–H groups in total. The van der Waals surface area contributed by atoms with Crippen molar-refractivity contribution in [1.82, 2.24) is 5.43 Å². The quantitative estimate of drug-likeness (QED) is 0.434. The highest BCUT2D eigenvalue weighted by Crippen LogP contribution is 2.20. The second kappa shape index (κ2) is 9.36. The zero-order chi connectivity index (χ0) is 18.9. The number of carbonyl (C=O) groups is 2. The molecule has 0 heterocycles. The van der Waals surface area contributed by atoms with Crippen LogP contribution in [0.1, 0.15) is 35.3 Å². The third kappa shape index (κ3) is 5.73.